The van der Waals surface area contributed by atoms with Gasteiger partial charge in [0.2, 0.25) is 0 Å². The van der Waals surface area contributed by atoms with Gasteiger partial charge in [0.25, 0.3) is 11.6 Å². The molecule has 0 radical (unpaired) electrons. The van der Waals surface area contributed by atoms with Crippen LogP contribution in [0.4, 0.5) is 5.69 Å². The lowest BCUT2D eigenvalue weighted by Gasteiger charge is -2.62. The quantitative estimate of drug-likeness (QED) is 0.552. The predicted molar refractivity (Wildman–Crippen MR) is 115 cm³/mol. The molecule has 0 aromatic heterocycles. The van der Waals surface area contributed by atoms with E-state index >= 15 is 0 Å². The van der Waals surface area contributed by atoms with Crippen LogP contribution >= 0.6 is 0 Å². The molecule has 0 heterocycles. The van der Waals surface area contributed by atoms with E-state index in [1.807, 2.05) is 0 Å². The van der Waals surface area contributed by atoms with Crippen molar-refractivity contribution in [2.45, 2.75) is 50.9 Å². The van der Waals surface area contributed by atoms with Crippen LogP contribution in [0, 0.1) is 34.3 Å². The summed E-state index contributed by atoms with van der Waals surface area (Å²) in [5.41, 5.74) is 3.47. The van der Waals surface area contributed by atoms with E-state index in [9.17, 15) is 14.9 Å². The Hall–Kier alpha value is -2.69. The van der Waals surface area contributed by atoms with Crippen LogP contribution in [0.15, 0.2) is 48.5 Å². The van der Waals surface area contributed by atoms with E-state index in [1.54, 1.807) is 12.1 Å². The molecule has 5 heteroatoms. The molecule has 4 fully saturated rings. The Kier molecular flexibility index (Phi) is 4.46. The van der Waals surface area contributed by atoms with Gasteiger partial charge < -0.3 is 5.32 Å². The number of nitro benzene ring substituents is 1. The average Bonchev–Trinajstić information content (AvgIpc) is 2.71. The summed E-state index contributed by atoms with van der Waals surface area (Å²) in [5, 5.41) is 14.2. The second kappa shape index (κ2) is 6.93. The van der Waals surface area contributed by atoms with Crippen molar-refractivity contribution in [3.63, 3.8) is 0 Å². The van der Waals surface area contributed by atoms with Gasteiger partial charge in [-0.3, -0.25) is 14.9 Å². The predicted octanol–water partition coefficient (Wildman–Crippen LogP) is 5.17. The average molecular weight is 405 g/mol. The van der Waals surface area contributed by atoms with Crippen LogP contribution in [0.1, 0.15) is 60.0 Å². The van der Waals surface area contributed by atoms with Crippen molar-refractivity contribution in [3.8, 4) is 0 Å². The third-order valence-electron chi connectivity index (χ3n) is 7.79. The number of aryl methyl sites for hydroxylation is 1. The zero-order valence-electron chi connectivity index (χ0n) is 17.4. The van der Waals surface area contributed by atoms with Gasteiger partial charge in [0.05, 0.1) is 4.92 Å². The van der Waals surface area contributed by atoms with E-state index in [0.29, 0.717) is 12.1 Å². The Balaban J connectivity index is 1.36. The monoisotopic (exact) mass is 404 g/mol. The van der Waals surface area contributed by atoms with Crippen LogP contribution in [0.2, 0.25) is 0 Å². The zero-order chi connectivity index (χ0) is 20.9. The Morgan fingerprint density at radius 3 is 2.47 bits per heavy atom. The van der Waals surface area contributed by atoms with Crippen molar-refractivity contribution >= 4 is 11.6 Å². The van der Waals surface area contributed by atoms with Crippen molar-refractivity contribution in [2.24, 2.45) is 17.3 Å². The van der Waals surface area contributed by atoms with Crippen LogP contribution in [-0.4, -0.2) is 17.4 Å². The summed E-state index contributed by atoms with van der Waals surface area (Å²) in [6.07, 6.45) is 7.37. The molecule has 30 heavy (non-hydrogen) atoms. The molecule has 2 aromatic carbocycles. The SMILES string of the molecule is Cc1ccc(C23C[C@H]4C[C@@H](CC(CNC(=O)c5cccc([N+](=O)[O-])c5)(C4)C2)C3)cc1. The first-order valence-electron chi connectivity index (χ1n) is 11.0. The highest BCUT2D eigenvalue weighted by Gasteiger charge is 2.58. The number of carbonyl (C=O) groups excluding carboxylic acids is 1. The fourth-order valence-corrected chi connectivity index (χ4v) is 7.03. The van der Waals surface area contributed by atoms with Gasteiger partial charge >= 0.3 is 0 Å². The highest BCUT2D eigenvalue weighted by atomic mass is 16.6. The van der Waals surface area contributed by atoms with Crippen molar-refractivity contribution < 1.29 is 9.72 Å². The zero-order valence-corrected chi connectivity index (χ0v) is 17.4. The molecule has 1 amide bonds. The van der Waals surface area contributed by atoms with Crippen LogP contribution in [0.3, 0.4) is 0 Å². The maximum absolute atomic E-state index is 12.8. The maximum atomic E-state index is 12.8. The number of amides is 1. The number of carbonyl (C=O) groups is 1. The fourth-order valence-electron chi connectivity index (χ4n) is 7.03. The van der Waals surface area contributed by atoms with Crippen LogP contribution in [-0.2, 0) is 5.41 Å². The molecule has 4 aliphatic rings. The minimum absolute atomic E-state index is 0.0456. The van der Waals surface area contributed by atoms with E-state index in [-0.39, 0.29) is 22.4 Å². The highest BCUT2D eigenvalue weighted by Crippen LogP contribution is 2.65. The molecule has 4 saturated carbocycles. The van der Waals surface area contributed by atoms with Gasteiger partial charge in [0.15, 0.2) is 0 Å². The van der Waals surface area contributed by atoms with Gasteiger partial charge in [-0.15, -0.1) is 0 Å². The molecule has 0 aliphatic heterocycles. The molecule has 0 spiro atoms. The number of nitrogens with one attached hydrogen (secondary N) is 1. The van der Waals surface area contributed by atoms with Gasteiger partial charge in [0, 0.05) is 24.2 Å². The third-order valence-corrected chi connectivity index (χ3v) is 7.79. The van der Waals surface area contributed by atoms with Crippen LogP contribution in [0.5, 0.6) is 0 Å². The highest BCUT2D eigenvalue weighted by molar-refractivity contribution is 5.94. The molecule has 0 saturated heterocycles. The lowest BCUT2D eigenvalue weighted by Crippen LogP contribution is -2.57. The number of non-ortho nitro benzene ring substituents is 1. The lowest BCUT2D eigenvalue weighted by molar-refractivity contribution is -0.384. The summed E-state index contributed by atoms with van der Waals surface area (Å²) < 4.78 is 0. The summed E-state index contributed by atoms with van der Waals surface area (Å²) in [6, 6.07) is 15.1. The summed E-state index contributed by atoms with van der Waals surface area (Å²) in [7, 11) is 0. The van der Waals surface area contributed by atoms with E-state index in [0.717, 1.165) is 18.3 Å². The van der Waals surface area contributed by atoms with E-state index in [1.165, 1.54) is 55.4 Å². The normalized spacial score (nSPS) is 31.5. The minimum Gasteiger partial charge on any atom is -0.351 e. The molecule has 6 rings (SSSR count). The van der Waals surface area contributed by atoms with Gasteiger partial charge in [-0.25, -0.2) is 0 Å². The first-order valence-corrected chi connectivity index (χ1v) is 11.0. The molecule has 2 aromatic rings. The molecule has 156 valence electrons. The van der Waals surface area contributed by atoms with E-state index in [4.69, 9.17) is 0 Å². The minimum atomic E-state index is -0.457. The first-order chi connectivity index (χ1) is 14.4. The van der Waals surface area contributed by atoms with Crippen molar-refractivity contribution in [1.29, 1.82) is 0 Å². The fraction of sp³-hybridized carbons (Fsp3) is 0.480. The molecule has 4 bridgehead atoms. The summed E-state index contributed by atoms with van der Waals surface area (Å²) in [6.45, 7) is 2.80. The van der Waals surface area contributed by atoms with Crippen molar-refractivity contribution in [3.05, 3.63) is 75.3 Å². The Labute approximate surface area is 177 Å². The van der Waals surface area contributed by atoms with Crippen molar-refractivity contribution in [1.82, 2.24) is 5.32 Å². The molecule has 4 aliphatic carbocycles. The maximum Gasteiger partial charge on any atom is 0.270 e. The van der Waals surface area contributed by atoms with Crippen molar-refractivity contribution in [2.75, 3.05) is 6.54 Å². The molecule has 5 nitrogen and oxygen atoms in total. The number of benzene rings is 2. The Bertz CT molecular complexity index is 984. The standard InChI is InChI=1S/C25H28N2O3/c1-17-5-7-21(8-6-17)25-13-18-9-19(14-25)12-24(11-18,15-25)16-26-23(28)20-3-2-4-22(10-20)27(29)30/h2-8,10,18-19H,9,11-16H2,1H3,(H,26,28)/t18-,19-,24?,25?/m0/s1. The molecule has 1 N–H and O–H groups in total. The third kappa shape index (κ3) is 3.30. The largest absolute Gasteiger partial charge is 0.351 e. The lowest BCUT2D eigenvalue weighted by atomic mass is 9.43. The number of nitro groups is 1. The molecule has 2 atom stereocenters. The smallest absolute Gasteiger partial charge is 0.270 e. The summed E-state index contributed by atoms with van der Waals surface area (Å²) >= 11 is 0. The van der Waals surface area contributed by atoms with Crippen LogP contribution < -0.4 is 5.32 Å². The van der Waals surface area contributed by atoms with Gasteiger partial charge in [0.1, 0.15) is 0 Å². The summed E-state index contributed by atoms with van der Waals surface area (Å²) in [4.78, 5) is 23.3. The molecular weight excluding hydrogens is 376 g/mol. The number of rotatable bonds is 5. The topological polar surface area (TPSA) is 72.2 Å². The molecule has 0 unspecified atom stereocenters. The first kappa shape index (κ1) is 19.3. The number of hydrogen-bond donors (Lipinski definition) is 1. The number of hydrogen-bond acceptors (Lipinski definition) is 3. The number of nitrogens with zero attached hydrogens (tertiary/aromatic N) is 1. The van der Waals surface area contributed by atoms with Gasteiger partial charge in [-0.1, -0.05) is 35.9 Å². The summed E-state index contributed by atoms with van der Waals surface area (Å²) in [5.74, 6) is 1.27. The Morgan fingerprint density at radius 1 is 1.10 bits per heavy atom. The van der Waals surface area contributed by atoms with Gasteiger partial charge in [-0.05, 0) is 79.7 Å². The van der Waals surface area contributed by atoms with E-state index < -0.39 is 4.92 Å². The van der Waals surface area contributed by atoms with Gasteiger partial charge in [-0.2, -0.15) is 0 Å². The van der Waals surface area contributed by atoms with E-state index in [2.05, 4.69) is 36.5 Å². The second-order valence-electron chi connectivity index (χ2n) is 10.1. The van der Waals surface area contributed by atoms with Crippen LogP contribution in [0.25, 0.3) is 0 Å². The Morgan fingerprint density at radius 2 is 1.80 bits per heavy atom. The molecular formula is C25H28N2O3. The second-order valence-corrected chi connectivity index (χ2v) is 10.1.